The number of carbonyl (C=O) groups is 1. The molecule has 1 fully saturated rings. The number of hydrogen-bond donors (Lipinski definition) is 2. The van der Waals surface area contributed by atoms with Crippen LogP contribution in [0, 0.1) is 0 Å². The zero-order valence-electron chi connectivity index (χ0n) is 15.8. The van der Waals surface area contributed by atoms with Gasteiger partial charge in [-0.3, -0.25) is 9.69 Å². The summed E-state index contributed by atoms with van der Waals surface area (Å²) in [5.41, 5.74) is 1.30. The molecular weight excluding hydrogens is 406 g/mol. The first kappa shape index (κ1) is 19.8. The standard InChI is InChI=1S/C20H26BrN5O/c1-15(26-12-10-25(2)11-13-26)14-23-19-18(4-3-9-22-19)20(27)24-17-7-5-16(21)6-8-17/h3-9,15H,10-14H2,1-2H3,(H,22,23)(H,24,27). The summed E-state index contributed by atoms with van der Waals surface area (Å²) in [5.74, 6) is 0.452. The molecule has 7 heteroatoms. The van der Waals surface area contributed by atoms with E-state index < -0.39 is 0 Å². The van der Waals surface area contributed by atoms with Crippen molar-refractivity contribution in [2.24, 2.45) is 0 Å². The number of piperazine rings is 1. The van der Waals surface area contributed by atoms with Crippen LogP contribution >= 0.6 is 15.9 Å². The molecule has 0 saturated carbocycles. The number of likely N-dealkylation sites (N-methyl/N-ethyl adjacent to an activating group) is 1. The summed E-state index contributed by atoms with van der Waals surface area (Å²) in [7, 11) is 2.16. The van der Waals surface area contributed by atoms with Crippen LogP contribution in [0.4, 0.5) is 11.5 Å². The van der Waals surface area contributed by atoms with Crippen molar-refractivity contribution in [2.75, 3.05) is 50.4 Å². The molecule has 2 heterocycles. The zero-order chi connectivity index (χ0) is 19.2. The number of amides is 1. The van der Waals surface area contributed by atoms with Gasteiger partial charge in [0.15, 0.2) is 0 Å². The highest BCUT2D eigenvalue weighted by Crippen LogP contribution is 2.18. The lowest BCUT2D eigenvalue weighted by molar-refractivity contribution is 0.102. The van der Waals surface area contributed by atoms with Gasteiger partial charge < -0.3 is 15.5 Å². The largest absolute Gasteiger partial charge is 0.368 e. The van der Waals surface area contributed by atoms with Gasteiger partial charge in [0, 0.05) is 55.1 Å². The van der Waals surface area contributed by atoms with Crippen molar-refractivity contribution in [2.45, 2.75) is 13.0 Å². The van der Waals surface area contributed by atoms with Gasteiger partial charge in [-0.05, 0) is 50.4 Å². The van der Waals surface area contributed by atoms with E-state index in [0.717, 1.165) is 42.9 Å². The lowest BCUT2D eigenvalue weighted by Gasteiger charge is -2.36. The van der Waals surface area contributed by atoms with Crippen LogP contribution in [0.5, 0.6) is 0 Å². The van der Waals surface area contributed by atoms with Crippen molar-refractivity contribution in [3.63, 3.8) is 0 Å². The van der Waals surface area contributed by atoms with E-state index in [0.29, 0.717) is 17.4 Å². The van der Waals surface area contributed by atoms with Crippen LogP contribution in [0.1, 0.15) is 17.3 Å². The van der Waals surface area contributed by atoms with Gasteiger partial charge in [0.25, 0.3) is 5.91 Å². The van der Waals surface area contributed by atoms with E-state index in [9.17, 15) is 4.79 Å². The summed E-state index contributed by atoms with van der Waals surface area (Å²) in [6.07, 6.45) is 1.71. The highest BCUT2D eigenvalue weighted by molar-refractivity contribution is 9.10. The highest BCUT2D eigenvalue weighted by Gasteiger charge is 2.20. The topological polar surface area (TPSA) is 60.5 Å². The van der Waals surface area contributed by atoms with E-state index in [1.54, 1.807) is 18.3 Å². The second kappa shape index (κ2) is 9.30. The van der Waals surface area contributed by atoms with Crippen molar-refractivity contribution in [1.82, 2.24) is 14.8 Å². The van der Waals surface area contributed by atoms with Crippen LogP contribution in [0.3, 0.4) is 0 Å². The predicted molar refractivity (Wildman–Crippen MR) is 113 cm³/mol. The minimum absolute atomic E-state index is 0.167. The monoisotopic (exact) mass is 431 g/mol. The van der Waals surface area contributed by atoms with Gasteiger partial charge in [-0.25, -0.2) is 4.98 Å². The Morgan fingerprint density at radius 3 is 2.59 bits per heavy atom. The van der Waals surface area contributed by atoms with E-state index >= 15 is 0 Å². The minimum atomic E-state index is -0.167. The molecule has 27 heavy (non-hydrogen) atoms. The van der Waals surface area contributed by atoms with Crippen LogP contribution in [0.2, 0.25) is 0 Å². The molecule has 6 nitrogen and oxygen atoms in total. The Morgan fingerprint density at radius 2 is 1.89 bits per heavy atom. The number of rotatable bonds is 6. The number of benzene rings is 1. The number of hydrogen-bond acceptors (Lipinski definition) is 5. The smallest absolute Gasteiger partial charge is 0.259 e. The Kier molecular flexibility index (Phi) is 6.82. The Balaban J connectivity index is 1.61. The summed E-state index contributed by atoms with van der Waals surface area (Å²) in [4.78, 5) is 21.9. The second-order valence-electron chi connectivity index (χ2n) is 6.93. The van der Waals surface area contributed by atoms with Gasteiger partial charge in [0.2, 0.25) is 0 Å². The average molecular weight is 432 g/mol. The molecule has 1 aromatic carbocycles. The number of halogens is 1. The molecule has 1 amide bonds. The summed E-state index contributed by atoms with van der Waals surface area (Å²) >= 11 is 3.40. The molecular formula is C20H26BrN5O. The highest BCUT2D eigenvalue weighted by atomic mass is 79.9. The van der Waals surface area contributed by atoms with Crippen LogP contribution in [-0.2, 0) is 0 Å². The lowest BCUT2D eigenvalue weighted by atomic mass is 10.2. The first-order valence-corrected chi connectivity index (χ1v) is 10.0. The third-order valence-electron chi connectivity index (χ3n) is 4.88. The van der Waals surface area contributed by atoms with E-state index in [1.807, 2.05) is 24.3 Å². The Morgan fingerprint density at radius 1 is 1.19 bits per heavy atom. The van der Waals surface area contributed by atoms with Gasteiger partial charge in [0.05, 0.1) is 5.56 Å². The molecule has 144 valence electrons. The number of nitrogens with zero attached hydrogens (tertiary/aromatic N) is 3. The van der Waals surface area contributed by atoms with Crippen molar-refractivity contribution < 1.29 is 4.79 Å². The SMILES string of the molecule is CC(CNc1ncccc1C(=O)Nc1ccc(Br)cc1)N1CCN(C)CC1. The molecule has 0 bridgehead atoms. The molecule has 1 aliphatic rings. The van der Waals surface area contributed by atoms with Gasteiger partial charge >= 0.3 is 0 Å². The molecule has 1 unspecified atom stereocenters. The quantitative estimate of drug-likeness (QED) is 0.735. The maximum Gasteiger partial charge on any atom is 0.259 e. The minimum Gasteiger partial charge on any atom is -0.368 e. The first-order valence-electron chi connectivity index (χ1n) is 9.21. The lowest BCUT2D eigenvalue weighted by Crippen LogP contribution is -2.50. The third kappa shape index (κ3) is 5.51. The van der Waals surface area contributed by atoms with E-state index in [2.05, 4.69) is 55.3 Å². The fourth-order valence-corrected chi connectivity index (χ4v) is 3.36. The number of nitrogens with one attached hydrogen (secondary N) is 2. The van der Waals surface area contributed by atoms with Crippen LogP contribution < -0.4 is 10.6 Å². The van der Waals surface area contributed by atoms with Gasteiger partial charge in [-0.15, -0.1) is 0 Å². The Bertz CT molecular complexity index is 759. The van der Waals surface area contributed by atoms with E-state index in [-0.39, 0.29) is 5.91 Å². The molecule has 0 aliphatic carbocycles. The van der Waals surface area contributed by atoms with E-state index in [1.165, 1.54) is 0 Å². The molecule has 1 atom stereocenters. The van der Waals surface area contributed by atoms with Gasteiger partial charge in [-0.2, -0.15) is 0 Å². The molecule has 1 aliphatic heterocycles. The number of carbonyl (C=O) groups excluding carboxylic acids is 1. The summed E-state index contributed by atoms with van der Waals surface area (Å²) < 4.78 is 0.974. The first-order chi connectivity index (χ1) is 13.0. The van der Waals surface area contributed by atoms with Crippen molar-refractivity contribution >= 4 is 33.3 Å². The van der Waals surface area contributed by atoms with Crippen LogP contribution in [-0.4, -0.2) is 66.5 Å². The average Bonchev–Trinajstić information content (AvgIpc) is 2.68. The van der Waals surface area contributed by atoms with Crippen molar-refractivity contribution in [3.8, 4) is 0 Å². The molecule has 0 radical (unpaired) electrons. The Hall–Kier alpha value is -1.96. The van der Waals surface area contributed by atoms with Crippen molar-refractivity contribution in [3.05, 3.63) is 52.6 Å². The fourth-order valence-electron chi connectivity index (χ4n) is 3.10. The molecule has 3 rings (SSSR count). The normalized spacial score (nSPS) is 16.7. The number of pyridine rings is 1. The van der Waals surface area contributed by atoms with Crippen LogP contribution in [0.15, 0.2) is 47.1 Å². The van der Waals surface area contributed by atoms with Gasteiger partial charge in [-0.1, -0.05) is 15.9 Å². The van der Waals surface area contributed by atoms with Crippen molar-refractivity contribution in [1.29, 1.82) is 0 Å². The second-order valence-corrected chi connectivity index (χ2v) is 7.85. The summed E-state index contributed by atoms with van der Waals surface area (Å²) in [6.45, 7) is 7.28. The third-order valence-corrected chi connectivity index (χ3v) is 5.41. The van der Waals surface area contributed by atoms with E-state index in [4.69, 9.17) is 0 Å². The maximum absolute atomic E-state index is 12.7. The molecule has 2 aromatic rings. The molecule has 1 saturated heterocycles. The Labute approximate surface area is 169 Å². The zero-order valence-corrected chi connectivity index (χ0v) is 17.4. The number of aromatic nitrogens is 1. The maximum atomic E-state index is 12.7. The summed E-state index contributed by atoms with van der Waals surface area (Å²) in [6, 6.07) is 11.5. The predicted octanol–water partition coefficient (Wildman–Crippen LogP) is 3.14. The summed E-state index contributed by atoms with van der Waals surface area (Å²) in [5, 5.41) is 6.29. The number of anilines is 2. The van der Waals surface area contributed by atoms with Crippen LogP contribution in [0.25, 0.3) is 0 Å². The molecule has 1 aromatic heterocycles. The molecule has 0 spiro atoms. The van der Waals surface area contributed by atoms with Gasteiger partial charge in [0.1, 0.15) is 5.82 Å². The molecule has 2 N–H and O–H groups in total. The fraction of sp³-hybridized carbons (Fsp3) is 0.400.